The van der Waals surface area contributed by atoms with Crippen LogP contribution < -0.4 is 5.32 Å². The van der Waals surface area contributed by atoms with Crippen molar-refractivity contribution in [2.75, 3.05) is 5.32 Å². The van der Waals surface area contributed by atoms with E-state index in [1.54, 1.807) is 0 Å². The molecular formula is C19H20N6O. The number of rotatable bonds is 3. The molecule has 1 amide bonds. The van der Waals surface area contributed by atoms with Gasteiger partial charge in [-0.25, -0.2) is 4.98 Å². The molecule has 0 saturated heterocycles. The van der Waals surface area contributed by atoms with Gasteiger partial charge in [0, 0.05) is 36.6 Å². The lowest BCUT2D eigenvalue weighted by molar-refractivity contribution is 0.102. The summed E-state index contributed by atoms with van der Waals surface area (Å²) < 4.78 is 2.23. The van der Waals surface area contributed by atoms with E-state index >= 15 is 0 Å². The predicted molar refractivity (Wildman–Crippen MR) is 97.6 cm³/mol. The van der Waals surface area contributed by atoms with Crippen LogP contribution in [0.2, 0.25) is 0 Å². The van der Waals surface area contributed by atoms with Crippen LogP contribution >= 0.6 is 0 Å². The minimum absolute atomic E-state index is 0.279. The summed E-state index contributed by atoms with van der Waals surface area (Å²) in [6, 6.07) is 7.66. The third kappa shape index (κ3) is 3.46. The lowest BCUT2D eigenvalue weighted by atomic mass is 10.1. The lowest BCUT2D eigenvalue weighted by Gasteiger charge is -2.13. The quantitative estimate of drug-likeness (QED) is 0.786. The van der Waals surface area contributed by atoms with E-state index in [-0.39, 0.29) is 11.6 Å². The zero-order chi connectivity index (χ0) is 17.8. The van der Waals surface area contributed by atoms with Crippen LogP contribution in [0.4, 0.5) is 5.69 Å². The fraction of sp³-hybridized carbons (Fsp3) is 0.316. The Labute approximate surface area is 151 Å². The highest BCUT2D eigenvalue weighted by atomic mass is 16.1. The van der Waals surface area contributed by atoms with Gasteiger partial charge < -0.3 is 9.88 Å². The highest BCUT2D eigenvalue weighted by Gasteiger charge is 2.15. The van der Waals surface area contributed by atoms with Crippen LogP contribution in [-0.2, 0) is 13.0 Å². The van der Waals surface area contributed by atoms with Crippen LogP contribution in [0.3, 0.4) is 0 Å². The molecule has 2 aromatic heterocycles. The van der Waals surface area contributed by atoms with Crippen molar-refractivity contribution in [2.45, 2.75) is 38.6 Å². The minimum atomic E-state index is -0.279. The number of fused-ring (bicyclic) bond motifs is 1. The largest absolute Gasteiger partial charge is 0.321 e. The zero-order valence-corrected chi connectivity index (χ0v) is 14.4. The van der Waals surface area contributed by atoms with Crippen LogP contribution in [0, 0.1) is 0 Å². The molecule has 0 atom stereocenters. The van der Waals surface area contributed by atoms with E-state index < -0.39 is 0 Å². The summed E-state index contributed by atoms with van der Waals surface area (Å²) in [5.74, 6) is 1.69. The van der Waals surface area contributed by atoms with Crippen LogP contribution in [0.15, 0.2) is 42.9 Å². The topological polar surface area (TPSA) is 85.6 Å². The molecule has 0 aliphatic carbocycles. The molecule has 7 heteroatoms. The molecule has 0 unspecified atom stereocenters. The Kier molecular flexibility index (Phi) is 4.68. The third-order valence-electron chi connectivity index (χ3n) is 4.56. The highest BCUT2D eigenvalue weighted by molar-refractivity contribution is 6.02. The van der Waals surface area contributed by atoms with E-state index in [2.05, 4.69) is 30.0 Å². The van der Waals surface area contributed by atoms with Gasteiger partial charge in [0.15, 0.2) is 5.82 Å². The Morgan fingerprint density at radius 2 is 1.85 bits per heavy atom. The first kappa shape index (κ1) is 16.4. The summed E-state index contributed by atoms with van der Waals surface area (Å²) in [7, 11) is 0. The summed E-state index contributed by atoms with van der Waals surface area (Å²) in [6.45, 7) is 0.961. The first-order valence-corrected chi connectivity index (χ1v) is 8.91. The smallest absolute Gasteiger partial charge is 0.275 e. The molecule has 1 aromatic carbocycles. The summed E-state index contributed by atoms with van der Waals surface area (Å²) in [5.41, 5.74) is 1.99. The van der Waals surface area contributed by atoms with Gasteiger partial charge >= 0.3 is 0 Å². The van der Waals surface area contributed by atoms with Gasteiger partial charge in [0.05, 0.1) is 6.20 Å². The molecule has 0 radical (unpaired) electrons. The summed E-state index contributed by atoms with van der Waals surface area (Å²) in [5, 5.41) is 11.6. The van der Waals surface area contributed by atoms with Crippen LogP contribution in [-0.4, -0.2) is 30.6 Å². The SMILES string of the molecule is O=C(Nc1ccc(-c2nnc3n2CCCCCC3)cc1)c1cnccn1. The second-order valence-corrected chi connectivity index (χ2v) is 6.38. The average molecular weight is 348 g/mol. The second-order valence-electron chi connectivity index (χ2n) is 6.38. The molecular weight excluding hydrogens is 328 g/mol. The maximum absolute atomic E-state index is 12.1. The molecule has 7 nitrogen and oxygen atoms in total. The van der Waals surface area contributed by atoms with Gasteiger partial charge in [-0.1, -0.05) is 12.8 Å². The Bertz CT molecular complexity index is 888. The number of nitrogens with zero attached hydrogens (tertiary/aromatic N) is 5. The van der Waals surface area contributed by atoms with Gasteiger partial charge in [-0.2, -0.15) is 0 Å². The second kappa shape index (κ2) is 7.43. The van der Waals surface area contributed by atoms with E-state index in [1.165, 1.54) is 37.9 Å². The number of carbonyl (C=O) groups excluding carboxylic acids is 1. The summed E-state index contributed by atoms with van der Waals surface area (Å²) >= 11 is 0. The monoisotopic (exact) mass is 348 g/mol. The lowest BCUT2D eigenvalue weighted by Crippen LogP contribution is -2.13. The van der Waals surface area contributed by atoms with Crippen molar-refractivity contribution in [2.24, 2.45) is 0 Å². The fourth-order valence-corrected chi connectivity index (χ4v) is 3.19. The predicted octanol–water partition coefficient (Wildman–Crippen LogP) is 3.10. The van der Waals surface area contributed by atoms with Crippen molar-refractivity contribution in [1.29, 1.82) is 0 Å². The molecule has 0 saturated carbocycles. The van der Waals surface area contributed by atoms with Gasteiger partial charge in [0.1, 0.15) is 11.5 Å². The number of benzene rings is 1. The van der Waals surface area contributed by atoms with Crippen molar-refractivity contribution in [3.8, 4) is 11.4 Å². The Hall–Kier alpha value is -3.09. The van der Waals surface area contributed by atoms with Crippen molar-refractivity contribution in [3.05, 3.63) is 54.4 Å². The van der Waals surface area contributed by atoms with E-state index in [0.29, 0.717) is 5.69 Å². The van der Waals surface area contributed by atoms with E-state index in [4.69, 9.17) is 0 Å². The summed E-state index contributed by atoms with van der Waals surface area (Å²) in [6.07, 6.45) is 10.3. The number of anilines is 1. The van der Waals surface area contributed by atoms with Crippen LogP contribution in [0.5, 0.6) is 0 Å². The fourth-order valence-electron chi connectivity index (χ4n) is 3.19. The molecule has 26 heavy (non-hydrogen) atoms. The van der Waals surface area contributed by atoms with Crippen molar-refractivity contribution in [3.63, 3.8) is 0 Å². The number of aromatic nitrogens is 5. The van der Waals surface area contributed by atoms with Gasteiger partial charge in [0.25, 0.3) is 5.91 Å². The molecule has 0 spiro atoms. The molecule has 1 N–H and O–H groups in total. The molecule has 1 aliphatic heterocycles. The zero-order valence-electron chi connectivity index (χ0n) is 14.4. The first-order chi connectivity index (χ1) is 12.8. The number of hydrogen-bond acceptors (Lipinski definition) is 5. The first-order valence-electron chi connectivity index (χ1n) is 8.91. The van der Waals surface area contributed by atoms with Gasteiger partial charge in [-0.15, -0.1) is 10.2 Å². The summed E-state index contributed by atoms with van der Waals surface area (Å²) in [4.78, 5) is 20.1. The van der Waals surface area contributed by atoms with E-state index in [9.17, 15) is 4.79 Å². The number of carbonyl (C=O) groups is 1. The molecule has 1 aliphatic rings. The highest BCUT2D eigenvalue weighted by Crippen LogP contribution is 2.23. The minimum Gasteiger partial charge on any atom is -0.321 e. The van der Waals surface area contributed by atoms with E-state index in [0.717, 1.165) is 36.6 Å². The number of hydrogen-bond donors (Lipinski definition) is 1. The average Bonchev–Trinajstić information content (AvgIpc) is 3.04. The molecule has 0 fully saturated rings. The molecule has 3 aromatic rings. The third-order valence-corrected chi connectivity index (χ3v) is 4.56. The van der Waals surface area contributed by atoms with E-state index in [1.807, 2.05) is 24.3 Å². The van der Waals surface area contributed by atoms with Crippen molar-refractivity contribution < 1.29 is 4.79 Å². The van der Waals surface area contributed by atoms with Gasteiger partial charge in [0.2, 0.25) is 0 Å². The van der Waals surface area contributed by atoms with Crippen LogP contribution in [0.1, 0.15) is 42.0 Å². The Morgan fingerprint density at radius 3 is 2.65 bits per heavy atom. The number of aryl methyl sites for hydroxylation is 1. The Balaban J connectivity index is 1.52. The van der Waals surface area contributed by atoms with Crippen molar-refractivity contribution in [1.82, 2.24) is 24.7 Å². The molecule has 0 bridgehead atoms. The molecule has 4 rings (SSSR count). The Morgan fingerprint density at radius 1 is 1.00 bits per heavy atom. The standard InChI is InChI=1S/C19H20N6O/c26-19(16-13-20-10-11-21-16)22-15-8-6-14(7-9-15)18-24-23-17-5-3-1-2-4-12-25(17)18/h6-11,13H,1-5,12H2,(H,22,26). The normalized spacial score (nSPS) is 14.2. The van der Waals surface area contributed by atoms with Gasteiger partial charge in [-0.3, -0.25) is 9.78 Å². The maximum atomic E-state index is 12.1. The van der Waals surface area contributed by atoms with Gasteiger partial charge in [-0.05, 0) is 37.1 Å². The molecule has 3 heterocycles. The number of amides is 1. The van der Waals surface area contributed by atoms with Crippen molar-refractivity contribution >= 4 is 11.6 Å². The molecule has 132 valence electrons. The van der Waals surface area contributed by atoms with Crippen LogP contribution in [0.25, 0.3) is 11.4 Å². The maximum Gasteiger partial charge on any atom is 0.275 e. The number of nitrogens with one attached hydrogen (secondary N) is 1.